The normalized spacial score (nSPS) is 17.5. The summed E-state index contributed by atoms with van der Waals surface area (Å²) in [6.45, 7) is 2.80. The summed E-state index contributed by atoms with van der Waals surface area (Å²) in [5.74, 6) is 2.74. The Labute approximate surface area is 151 Å². The van der Waals surface area contributed by atoms with E-state index >= 15 is 0 Å². The van der Waals surface area contributed by atoms with Crippen LogP contribution < -0.4 is 20.1 Å². The molecule has 0 spiro atoms. The lowest BCUT2D eigenvalue weighted by atomic mass is 10.2. The number of carbonyl (C=O) groups is 1. The number of carbonyl (C=O) groups excluding carboxylic acids is 1. The molecule has 1 aromatic heterocycles. The number of fused-ring (bicyclic) bond motifs is 1. The molecule has 8 heteroatoms. The Bertz CT molecular complexity index is 844. The minimum atomic E-state index is 0.261. The van der Waals surface area contributed by atoms with Crippen molar-refractivity contribution in [3.63, 3.8) is 0 Å². The monoisotopic (exact) mass is 357 g/mol. The Morgan fingerprint density at radius 1 is 1.08 bits per heavy atom. The standard InChI is InChI=1S/C18H23N5O3/c1-25-14-9-12-13(10-15(14)26-2)20-18(21-16(12)19)23-7-5-22(6-8-23)17(24)11-3-4-11/h9-11H,3-8H2,1-2H3,(H2,19,20,21). The van der Waals surface area contributed by atoms with Crippen molar-refractivity contribution in [2.75, 3.05) is 51.0 Å². The van der Waals surface area contributed by atoms with Crippen molar-refractivity contribution >= 4 is 28.6 Å². The number of methoxy groups -OCH3 is 2. The number of hydrogen-bond donors (Lipinski definition) is 1. The van der Waals surface area contributed by atoms with Gasteiger partial charge in [0.15, 0.2) is 11.5 Å². The Balaban J connectivity index is 1.58. The van der Waals surface area contributed by atoms with Gasteiger partial charge in [-0.25, -0.2) is 4.98 Å². The highest BCUT2D eigenvalue weighted by Crippen LogP contribution is 2.34. The lowest BCUT2D eigenvalue weighted by molar-refractivity contribution is -0.132. The highest BCUT2D eigenvalue weighted by Gasteiger charge is 2.34. The quantitative estimate of drug-likeness (QED) is 0.881. The van der Waals surface area contributed by atoms with Crippen molar-refractivity contribution in [3.05, 3.63) is 12.1 Å². The number of anilines is 2. The van der Waals surface area contributed by atoms with Crippen LogP contribution in [0, 0.1) is 5.92 Å². The summed E-state index contributed by atoms with van der Waals surface area (Å²) in [5.41, 5.74) is 6.87. The molecule has 2 N–H and O–H groups in total. The Morgan fingerprint density at radius 3 is 2.35 bits per heavy atom. The molecule has 1 aromatic carbocycles. The van der Waals surface area contributed by atoms with Gasteiger partial charge in [-0.3, -0.25) is 4.79 Å². The van der Waals surface area contributed by atoms with E-state index in [1.54, 1.807) is 20.3 Å². The number of hydrogen-bond acceptors (Lipinski definition) is 7. The molecule has 1 aliphatic carbocycles. The highest BCUT2D eigenvalue weighted by molar-refractivity contribution is 5.91. The van der Waals surface area contributed by atoms with E-state index in [2.05, 4.69) is 14.9 Å². The fourth-order valence-electron chi connectivity index (χ4n) is 3.32. The summed E-state index contributed by atoms with van der Waals surface area (Å²) in [5, 5.41) is 0.731. The molecule has 2 heterocycles. The van der Waals surface area contributed by atoms with Crippen LogP contribution in [0.5, 0.6) is 11.5 Å². The second-order valence-electron chi connectivity index (χ2n) is 6.72. The van der Waals surface area contributed by atoms with E-state index in [1.807, 2.05) is 11.0 Å². The van der Waals surface area contributed by atoms with Gasteiger partial charge in [-0.2, -0.15) is 4.98 Å². The van der Waals surface area contributed by atoms with Crippen LogP contribution in [0.1, 0.15) is 12.8 Å². The minimum Gasteiger partial charge on any atom is -0.493 e. The molecule has 4 rings (SSSR count). The van der Waals surface area contributed by atoms with Crippen molar-refractivity contribution in [1.29, 1.82) is 0 Å². The molecule has 0 radical (unpaired) electrons. The third-order valence-corrected chi connectivity index (χ3v) is 5.02. The fourth-order valence-corrected chi connectivity index (χ4v) is 3.32. The molecule has 0 unspecified atom stereocenters. The molecule has 26 heavy (non-hydrogen) atoms. The zero-order valence-corrected chi connectivity index (χ0v) is 15.1. The predicted octanol–water partition coefficient (Wildman–Crippen LogP) is 1.29. The zero-order valence-electron chi connectivity index (χ0n) is 15.1. The molecule has 0 bridgehead atoms. The average molecular weight is 357 g/mol. The van der Waals surface area contributed by atoms with Crippen LogP contribution in [-0.2, 0) is 4.79 Å². The third-order valence-electron chi connectivity index (χ3n) is 5.02. The SMILES string of the molecule is COc1cc2nc(N3CCN(C(=O)C4CC4)CC3)nc(N)c2cc1OC. The maximum atomic E-state index is 12.2. The van der Waals surface area contributed by atoms with E-state index in [0.717, 1.165) is 18.2 Å². The van der Waals surface area contributed by atoms with E-state index in [1.165, 1.54) is 0 Å². The van der Waals surface area contributed by atoms with Crippen LogP contribution in [0.4, 0.5) is 11.8 Å². The Kier molecular flexibility index (Phi) is 4.18. The number of benzene rings is 1. The molecule has 2 fully saturated rings. The number of nitrogen functional groups attached to an aromatic ring is 1. The van der Waals surface area contributed by atoms with E-state index < -0.39 is 0 Å². The van der Waals surface area contributed by atoms with Crippen LogP contribution in [0.25, 0.3) is 10.9 Å². The summed E-state index contributed by atoms with van der Waals surface area (Å²) in [6.07, 6.45) is 2.07. The highest BCUT2D eigenvalue weighted by atomic mass is 16.5. The molecular formula is C18H23N5O3. The van der Waals surface area contributed by atoms with Gasteiger partial charge in [-0.1, -0.05) is 0 Å². The third kappa shape index (κ3) is 2.95. The minimum absolute atomic E-state index is 0.261. The summed E-state index contributed by atoms with van der Waals surface area (Å²) in [7, 11) is 3.17. The van der Waals surface area contributed by atoms with Crippen molar-refractivity contribution in [3.8, 4) is 11.5 Å². The van der Waals surface area contributed by atoms with Gasteiger partial charge in [0.05, 0.1) is 19.7 Å². The Morgan fingerprint density at radius 2 is 1.73 bits per heavy atom. The van der Waals surface area contributed by atoms with Gasteiger partial charge in [0.25, 0.3) is 0 Å². The van der Waals surface area contributed by atoms with Crippen LogP contribution in [0.15, 0.2) is 12.1 Å². The number of nitrogens with zero attached hydrogens (tertiary/aromatic N) is 4. The van der Waals surface area contributed by atoms with Gasteiger partial charge < -0.3 is 25.0 Å². The summed E-state index contributed by atoms with van der Waals surface area (Å²) in [4.78, 5) is 25.3. The molecule has 1 amide bonds. The van der Waals surface area contributed by atoms with Gasteiger partial charge in [-0.15, -0.1) is 0 Å². The van der Waals surface area contributed by atoms with Crippen LogP contribution >= 0.6 is 0 Å². The lowest BCUT2D eigenvalue weighted by Crippen LogP contribution is -2.49. The number of aromatic nitrogens is 2. The van der Waals surface area contributed by atoms with E-state index in [0.29, 0.717) is 60.9 Å². The van der Waals surface area contributed by atoms with Crippen molar-refractivity contribution in [2.24, 2.45) is 5.92 Å². The number of ether oxygens (including phenoxy) is 2. The number of piperazine rings is 1. The largest absolute Gasteiger partial charge is 0.493 e. The summed E-state index contributed by atoms with van der Waals surface area (Å²) >= 11 is 0. The molecule has 1 saturated carbocycles. The molecule has 2 aliphatic rings. The predicted molar refractivity (Wildman–Crippen MR) is 98.6 cm³/mol. The first kappa shape index (κ1) is 16.7. The molecule has 138 valence electrons. The van der Waals surface area contributed by atoms with Crippen LogP contribution in [-0.4, -0.2) is 61.2 Å². The topological polar surface area (TPSA) is 93.8 Å². The molecular weight excluding hydrogens is 334 g/mol. The first-order chi connectivity index (χ1) is 12.6. The first-order valence-electron chi connectivity index (χ1n) is 8.83. The smallest absolute Gasteiger partial charge is 0.228 e. The van der Waals surface area contributed by atoms with Crippen molar-refractivity contribution in [2.45, 2.75) is 12.8 Å². The van der Waals surface area contributed by atoms with Gasteiger partial charge in [0.1, 0.15) is 5.82 Å². The summed E-state index contributed by atoms with van der Waals surface area (Å²) < 4.78 is 10.7. The van der Waals surface area contributed by atoms with E-state index in [4.69, 9.17) is 15.2 Å². The molecule has 1 aliphatic heterocycles. The van der Waals surface area contributed by atoms with Crippen molar-refractivity contribution < 1.29 is 14.3 Å². The van der Waals surface area contributed by atoms with Gasteiger partial charge in [-0.05, 0) is 18.9 Å². The zero-order chi connectivity index (χ0) is 18.3. The van der Waals surface area contributed by atoms with Crippen LogP contribution in [0.3, 0.4) is 0 Å². The van der Waals surface area contributed by atoms with Crippen molar-refractivity contribution in [1.82, 2.24) is 14.9 Å². The van der Waals surface area contributed by atoms with Crippen LogP contribution in [0.2, 0.25) is 0 Å². The maximum absolute atomic E-state index is 12.2. The second-order valence-corrected chi connectivity index (χ2v) is 6.72. The fraction of sp³-hybridized carbons (Fsp3) is 0.500. The summed E-state index contributed by atoms with van der Waals surface area (Å²) in [6, 6.07) is 3.60. The molecule has 1 saturated heterocycles. The first-order valence-corrected chi connectivity index (χ1v) is 8.83. The van der Waals surface area contributed by atoms with E-state index in [9.17, 15) is 4.79 Å². The number of rotatable bonds is 4. The van der Waals surface area contributed by atoms with Gasteiger partial charge in [0, 0.05) is 43.5 Å². The maximum Gasteiger partial charge on any atom is 0.228 e. The molecule has 8 nitrogen and oxygen atoms in total. The lowest BCUT2D eigenvalue weighted by Gasteiger charge is -2.35. The average Bonchev–Trinajstić information content (AvgIpc) is 3.51. The van der Waals surface area contributed by atoms with Gasteiger partial charge in [0.2, 0.25) is 11.9 Å². The number of nitrogens with two attached hydrogens (primary N) is 1. The number of amides is 1. The van der Waals surface area contributed by atoms with Gasteiger partial charge >= 0.3 is 0 Å². The molecule has 2 aromatic rings. The molecule has 0 atom stereocenters. The Hall–Kier alpha value is -2.77. The van der Waals surface area contributed by atoms with E-state index in [-0.39, 0.29) is 5.92 Å². The second kappa shape index (κ2) is 6.51.